The molecule has 0 aliphatic carbocycles. The van der Waals surface area contributed by atoms with Gasteiger partial charge in [0, 0.05) is 24.7 Å². The zero-order chi connectivity index (χ0) is 18.6. The predicted molar refractivity (Wildman–Crippen MR) is 106 cm³/mol. The van der Waals surface area contributed by atoms with Gasteiger partial charge in [-0.05, 0) is 36.3 Å². The molecule has 1 aliphatic heterocycles. The zero-order valence-corrected chi connectivity index (χ0v) is 16.5. The Labute approximate surface area is 159 Å². The average molecular weight is 393 g/mol. The lowest BCUT2D eigenvalue weighted by Crippen LogP contribution is -2.46. The van der Waals surface area contributed by atoms with Gasteiger partial charge in [0.15, 0.2) is 0 Å². The molecule has 1 aliphatic rings. The van der Waals surface area contributed by atoms with Crippen LogP contribution in [0.3, 0.4) is 0 Å². The molecule has 0 radical (unpaired) electrons. The summed E-state index contributed by atoms with van der Waals surface area (Å²) in [6.45, 7) is 3.00. The molecule has 1 N–H and O–H groups in total. The average Bonchev–Trinajstić information content (AvgIpc) is 3.12. The van der Waals surface area contributed by atoms with E-state index in [1.165, 1.54) is 11.3 Å². The van der Waals surface area contributed by atoms with Crippen LogP contribution in [-0.2, 0) is 10.0 Å². The summed E-state index contributed by atoms with van der Waals surface area (Å²) in [4.78, 5) is 15.5. The molecule has 0 bridgehead atoms. The second-order valence-electron chi connectivity index (χ2n) is 6.53. The highest BCUT2D eigenvalue weighted by atomic mass is 32.2. The number of piperidine rings is 1. The number of amides is 1. The fourth-order valence-corrected chi connectivity index (χ4v) is 5.53. The molecule has 1 aromatic carbocycles. The van der Waals surface area contributed by atoms with Crippen LogP contribution in [0.1, 0.15) is 35.9 Å². The third-order valence-corrected chi connectivity index (χ3v) is 7.09. The van der Waals surface area contributed by atoms with Crippen LogP contribution in [0, 0.1) is 0 Å². The van der Waals surface area contributed by atoms with Crippen molar-refractivity contribution in [2.75, 3.05) is 18.8 Å². The lowest BCUT2D eigenvalue weighted by Gasteiger charge is -2.32. The quantitative estimate of drug-likeness (QED) is 0.820. The number of hydrogen-bond acceptors (Lipinski definition) is 4. The van der Waals surface area contributed by atoms with Crippen molar-refractivity contribution >= 4 is 27.3 Å². The molecular formula is C19H24N2O3S2. The van der Waals surface area contributed by atoms with E-state index in [0.29, 0.717) is 32.4 Å². The van der Waals surface area contributed by atoms with Crippen molar-refractivity contribution in [3.05, 3.63) is 46.7 Å². The summed E-state index contributed by atoms with van der Waals surface area (Å²) in [6, 6.07) is 11.8. The van der Waals surface area contributed by atoms with Crippen LogP contribution in [0.15, 0.2) is 41.8 Å². The van der Waals surface area contributed by atoms with E-state index in [-0.39, 0.29) is 17.7 Å². The smallest absolute Gasteiger partial charge is 0.264 e. The molecule has 1 amide bonds. The second kappa shape index (κ2) is 8.33. The van der Waals surface area contributed by atoms with Crippen molar-refractivity contribution in [3.63, 3.8) is 0 Å². The van der Waals surface area contributed by atoms with Crippen molar-refractivity contribution in [2.24, 2.45) is 0 Å². The van der Waals surface area contributed by atoms with Gasteiger partial charge in [-0.15, -0.1) is 11.3 Å². The highest BCUT2D eigenvalue weighted by molar-refractivity contribution is 7.89. The Balaban J connectivity index is 1.64. The minimum absolute atomic E-state index is 0.0359. The van der Waals surface area contributed by atoms with Crippen LogP contribution < -0.4 is 4.72 Å². The van der Waals surface area contributed by atoms with Gasteiger partial charge >= 0.3 is 0 Å². The first-order chi connectivity index (χ1) is 12.5. The molecule has 7 heteroatoms. The molecule has 2 aromatic rings. The summed E-state index contributed by atoms with van der Waals surface area (Å²) < 4.78 is 26.6. The van der Waals surface area contributed by atoms with E-state index in [1.54, 1.807) is 0 Å². The number of likely N-dealkylation sites (tertiary alicyclic amines) is 1. The molecule has 2 heterocycles. The fourth-order valence-electron chi connectivity index (χ4n) is 3.25. The van der Waals surface area contributed by atoms with Crippen molar-refractivity contribution in [3.8, 4) is 11.1 Å². The Morgan fingerprint density at radius 3 is 2.54 bits per heavy atom. The lowest BCUT2D eigenvalue weighted by atomic mass is 10.0. The largest absolute Gasteiger partial charge is 0.338 e. The van der Waals surface area contributed by atoms with E-state index in [2.05, 4.69) is 4.72 Å². The third kappa shape index (κ3) is 4.52. The van der Waals surface area contributed by atoms with Crippen molar-refractivity contribution in [2.45, 2.75) is 32.2 Å². The maximum absolute atomic E-state index is 12.9. The number of carbonyl (C=O) groups is 1. The zero-order valence-electron chi connectivity index (χ0n) is 14.8. The van der Waals surface area contributed by atoms with Crippen molar-refractivity contribution < 1.29 is 13.2 Å². The Morgan fingerprint density at radius 2 is 1.88 bits per heavy atom. The number of rotatable bonds is 6. The number of nitrogens with one attached hydrogen (secondary N) is 1. The molecule has 0 spiro atoms. The number of nitrogens with zero attached hydrogens (tertiary/aromatic N) is 1. The molecule has 26 heavy (non-hydrogen) atoms. The number of carbonyl (C=O) groups excluding carboxylic acids is 1. The predicted octanol–water partition coefficient (Wildman–Crippen LogP) is 3.35. The normalized spacial score (nSPS) is 16.0. The van der Waals surface area contributed by atoms with Crippen LogP contribution in [0.5, 0.6) is 0 Å². The van der Waals surface area contributed by atoms with Gasteiger partial charge in [0.25, 0.3) is 5.91 Å². The molecule has 0 saturated carbocycles. The summed E-state index contributed by atoms with van der Waals surface area (Å²) in [5, 5.41) is 1.95. The highest BCUT2D eigenvalue weighted by Crippen LogP contribution is 2.30. The van der Waals surface area contributed by atoms with Crippen LogP contribution in [0.4, 0.5) is 0 Å². The molecule has 1 aromatic heterocycles. The standard InChI is InChI=1S/C19H24N2O3S2/c1-2-14-26(23,24)20-16-8-11-21(12-9-16)19(22)18-17(10-13-25-18)15-6-4-3-5-7-15/h3-7,10,13,16,20H,2,8-9,11-12,14H2,1H3. The van der Waals surface area contributed by atoms with E-state index in [0.717, 1.165) is 16.0 Å². The molecule has 0 atom stereocenters. The topological polar surface area (TPSA) is 66.5 Å². The van der Waals surface area contributed by atoms with Gasteiger partial charge in [-0.1, -0.05) is 37.3 Å². The van der Waals surface area contributed by atoms with Gasteiger partial charge in [0.05, 0.1) is 10.6 Å². The second-order valence-corrected chi connectivity index (χ2v) is 9.32. The van der Waals surface area contributed by atoms with Crippen molar-refractivity contribution in [1.29, 1.82) is 0 Å². The molecule has 5 nitrogen and oxygen atoms in total. The number of hydrogen-bond donors (Lipinski definition) is 1. The minimum atomic E-state index is -3.21. The van der Waals surface area contributed by atoms with Gasteiger partial charge < -0.3 is 4.90 Å². The minimum Gasteiger partial charge on any atom is -0.338 e. The lowest BCUT2D eigenvalue weighted by molar-refractivity contribution is 0.0717. The van der Waals surface area contributed by atoms with Gasteiger partial charge in [0.2, 0.25) is 10.0 Å². The van der Waals surface area contributed by atoms with Gasteiger partial charge in [0.1, 0.15) is 0 Å². The summed E-state index contributed by atoms with van der Waals surface area (Å²) in [6.07, 6.45) is 1.91. The van der Waals surface area contributed by atoms with E-state index < -0.39 is 10.0 Å². The number of thiophene rings is 1. The molecule has 3 rings (SSSR count). The van der Waals surface area contributed by atoms with E-state index in [4.69, 9.17) is 0 Å². The molecule has 1 saturated heterocycles. The van der Waals surface area contributed by atoms with Crippen molar-refractivity contribution in [1.82, 2.24) is 9.62 Å². The highest BCUT2D eigenvalue weighted by Gasteiger charge is 2.27. The molecule has 1 fully saturated rings. The summed E-state index contributed by atoms with van der Waals surface area (Å²) in [5.41, 5.74) is 2.01. The number of sulfonamides is 1. The van der Waals surface area contributed by atoms with E-state index in [9.17, 15) is 13.2 Å². The maximum Gasteiger partial charge on any atom is 0.264 e. The van der Waals surface area contributed by atoms with Crippen LogP contribution in [0.25, 0.3) is 11.1 Å². The Hall–Kier alpha value is -1.70. The van der Waals surface area contributed by atoms with Crippen LogP contribution in [0.2, 0.25) is 0 Å². The maximum atomic E-state index is 12.9. The SMILES string of the molecule is CCCS(=O)(=O)NC1CCN(C(=O)c2sccc2-c2ccccc2)CC1. The molecule has 0 unspecified atom stereocenters. The van der Waals surface area contributed by atoms with Crippen LogP contribution in [-0.4, -0.2) is 44.1 Å². The molecular weight excluding hydrogens is 368 g/mol. The summed E-state index contributed by atoms with van der Waals surface area (Å²) in [5.74, 6) is 0.190. The van der Waals surface area contributed by atoms with Crippen LogP contribution >= 0.6 is 11.3 Å². The Morgan fingerprint density at radius 1 is 1.19 bits per heavy atom. The van der Waals surface area contributed by atoms with E-state index in [1.807, 2.05) is 53.6 Å². The number of benzene rings is 1. The van der Waals surface area contributed by atoms with Gasteiger partial charge in [-0.3, -0.25) is 4.79 Å². The monoisotopic (exact) mass is 392 g/mol. The van der Waals surface area contributed by atoms with Gasteiger partial charge in [-0.2, -0.15) is 0 Å². The summed E-state index contributed by atoms with van der Waals surface area (Å²) in [7, 11) is -3.21. The fraction of sp³-hybridized carbons (Fsp3) is 0.421. The summed E-state index contributed by atoms with van der Waals surface area (Å²) >= 11 is 1.46. The Kier molecular flexibility index (Phi) is 6.11. The van der Waals surface area contributed by atoms with Gasteiger partial charge in [-0.25, -0.2) is 13.1 Å². The first kappa shape index (κ1) is 19.1. The van der Waals surface area contributed by atoms with E-state index >= 15 is 0 Å². The Bertz CT molecular complexity index is 839. The third-order valence-electron chi connectivity index (χ3n) is 4.55. The first-order valence-electron chi connectivity index (χ1n) is 8.92. The molecule has 140 valence electrons. The first-order valence-corrected chi connectivity index (χ1v) is 11.5.